The third-order valence-corrected chi connectivity index (χ3v) is 1.75. The summed E-state index contributed by atoms with van der Waals surface area (Å²) < 4.78 is 0. The van der Waals surface area contributed by atoms with E-state index in [0.29, 0.717) is 10.6 Å². The number of azide groups is 1. The van der Waals surface area contributed by atoms with Crippen LogP contribution in [0.2, 0.25) is 10.2 Å². The fourth-order valence-electron chi connectivity index (χ4n) is 0.712. The van der Waals surface area contributed by atoms with E-state index in [9.17, 15) is 0 Å². The van der Waals surface area contributed by atoms with Crippen molar-refractivity contribution in [1.29, 1.82) is 0 Å². The third kappa shape index (κ3) is 3.15. The highest BCUT2D eigenvalue weighted by atomic mass is 35.5. The van der Waals surface area contributed by atoms with Crippen LogP contribution in [0.5, 0.6) is 0 Å². The van der Waals surface area contributed by atoms with E-state index in [2.05, 4.69) is 26.9 Å². The smallest absolute Gasteiger partial charge is 0.144 e. The molecule has 0 radical (unpaired) electrons. The Labute approximate surface area is 90.5 Å². The molecule has 0 spiro atoms. The Hall–Kier alpha value is -1.40. The van der Waals surface area contributed by atoms with Gasteiger partial charge >= 0.3 is 0 Å². The van der Waals surface area contributed by atoms with E-state index in [1.54, 1.807) is 6.07 Å². The Kier molecular flexibility index (Phi) is 4.09. The standard InChI is InChI=1S/C8H4Cl2N4/c9-7-4-6(8(10)12-5-7)2-1-3-13-14-11/h4-5H,3H2. The molecule has 0 aliphatic carbocycles. The largest absolute Gasteiger partial charge is 0.242 e. The molecule has 70 valence electrons. The first-order chi connectivity index (χ1) is 6.74. The van der Waals surface area contributed by atoms with Crippen LogP contribution in [0, 0.1) is 11.8 Å². The minimum atomic E-state index is 0.0966. The lowest BCUT2D eigenvalue weighted by molar-refractivity contribution is 1.25. The van der Waals surface area contributed by atoms with Crippen molar-refractivity contribution in [3.8, 4) is 11.8 Å². The lowest BCUT2D eigenvalue weighted by atomic mass is 10.3. The van der Waals surface area contributed by atoms with Crippen LogP contribution >= 0.6 is 23.2 Å². The summed E-state index contributed by atoms with van der Waals surface area (Å²) in [6.45, 7) is 0.0966. The van der Waals surface area contributed by atoms with Crippen molar-refractivity contribution in [1.82, 2.24) is 4.98 Å². The molecular weight excluding hydrogens is 223 g/mol. The maximum Gasteiger partial charge on any atom is 0.144 e. The summed E-state index contributed by atoms with van der Waals surface area (Å²) in [5.41, 5.74) is 8.51. The van der Waals surface area contributed by atoms with Crippen LogP contribution in [-0.4, -0.2) is 11.5 Å². The number of hydrogen-bond donors (Lipinski definition) is 0. The molecule has 0 amide bonds. The molecule has 0 aliphatic heterocycles. The zero-order chi connectivity index (χ0) is 10.4. The van der Waals surface area contributed by atoms with Crippen LogP contribution in [0.4, 0.5) is 0 Å². The highest BCUT2D eigenvalue weighted by molar-refractivity contribution is 6.32. The van der Waals surface area contributed by atoms with Crippen molar-refractivity contribution in [3.05, 3.63) is 38.4 Å². The minimum Gasteiger partial charge on any atom is -0.242 e. The zero-order valence-corrected chi connectivity index (χ0v) is 8.42. The molecule has 1 rings (SSSR count). The summed E-state index contributed by atoms with van der Waals surface area (Å²) in [7, 11) is 0. The van der Waals surface area contributed by atoms with Gasteiger partial charge in [-0.15, -0.1) is 0 Å². The first-order valence-corrected chi connectivity index (χ1v) is 4.30. The quantitative estimate of drug-likeness (QED) is 0.239. The fraction of sp³-hybridized carbons (Fsp3) is 0.125. The topological polar surface area (TPSA) is 61.7 Å². The van der Waals surface area contributed by atoms with Gasteiger partial charge in [-0.25, -0.2) is 4.98 Å². The summed E-state index contributed by atoms with van der Waals surface area (Å²) in [4.78, 5) is 6.36. The van der Waals surface area contributed by atoms with Crippen molar-refractivity contribution in [2.45, 2.75) is 0 Å². The molecule has 1 aromatic heterocycles. The predicted octanol–water partition coefficient (Wildman–Crippen LogP) is 3.05. The number of aromatic nitrogens is 1. The second-order valence-corrected chi connectivity index (χ2v) is 2.98. The molecule has 0 fully saturated rings. The number of halogens is 2. The van der Waals surface area contributed by atoms with Gasteiger partial charge in [-0.05, 0) is 11.6 Å². The molecule has 0 saturated heterocycles. The van der Waals surface area contributed by atoms with Gasteiger partial charge < -0.3 is 0 Å². The normalized spacial score (nSPS) is 8.43. The third-order valence-electron chi connectivity index (χ3n) is 1.24. The van der Waals surface area contributed by atoms with Crippen LogP contribution in [0.25, 0.3) is 10.4 Å². The van der Waals surface area contributed by atoms with Crippen LogP contribution in [0.15, 0.2) is 17.4 Å². The van der Waals surface area contributed by atoms with E-state index in [0.717, 1.165) is 0 Å². The van der Waals surface area contributed by atoms with Crippen molar-refractivity contribution in [2.24, 2.45) is 5.11 Å². The van der Waals surface area contributed by atoms with Gasteiger partial charge in [0.2, 0.25) is 0 Å². The van der Waals surface area contributed by atoms with Crippen molar-refractivity contribution in [3.63, 3.8) is 0 Å². The second kappa shape index (κ2) is 5.36. The van der Waals surface area contributed by atoms with Gasteiger partial charge in [-0.3, -0.25) is 0 Å². The van der Waals surface area contributed by atoms with E-state index < -0.39 is 0 Å². The van der Waals surface area contributed by atoms with Gasteiger partial charge in [-0.2, -0.15) is 0 Å². The molecule has 0 saturated carbocycles. The van der Waals surface area contributed by atoms with E-state index >= 15 is 0 Å². The monoisotopic (exact) mass is 226 g/mol. The highest BCUT2D eigenvalue weighted by Gasteiger charge is 1.98. The summed E-state index contributed by atoms with van der Waals surface area (Å²) in [5, 5.41) is 3.99. The summed E-state index contributed by atoms with van der Waals surface area (Å²) in [6, 6.07) is 1.60. The maximum absolute atomic E-state index is 7.99. The predicted molar refractivity (Wildman–Crippen MR) is 55.1 cm³/mol. The minimum absolute atomic E-state index is 0.0966. The van der Waals surface area contributed by atoms with Gasteiger partial charge in [0.05, 0.1) is 17.1 Å². The van der Waals surface area contributed by atoms with Gasteiger partial charge in [0, 0.05) is 11.1 Å². The van der Waals surface area contributed by atoms with Crippen LogP contribution < -0.4 is 0 Å². The zero-order valence-electron chi connectivity index (χ0n) is 6.91. The number of nitrogens with zero attached hydrogens (tertiary/aromatic N) is 4. The molecule has 6 heteroatoms. The Morgan fingerprint density at radius 2 is 2.36 bits per heavy atom. The molecule has 1 aromatic rings. The van der Waals surface area contributed by atoms with Gasteiger partial charge in [-0.1, -0.05) is 40.2 Å². The Bertz CT molecular complexity index is 440. The molecule has 0 unspecified atom stereocenters. The molecule has 0 bridgehead atoms. The van der Waals surface area contributed by atoms with E-state index in [1.165, 1.54) is 6.20 Å². The van der Waals surface area contributed by atoms with Gasteiger partial charge in [0.15, 0.2) is 0 Å². The summed E-state index contributed by atoms with van der Waals surface area (Å²) in [5.74, 6) is 5.31. The SMILES string of the molecule is [N-]=[N+]=NCC#Cc1cc(Cl)cnc1Cl. The van der Waals surface area contributed by atoms with Gasteiger partial charge in [0.25, 0.3) is 0 Å². The summed E-state index contributed by atoms with van der Waals surface area (Å²) in [6.07, 6.45) is 1.43. The fourth-order valence-corrected chi connectivity index (χ4v) is 1.02. The van der Waals surface area contributed by atoms with Crippen molar-refractivity contribution < 1.29 is 0 Å². The lowest BCUT2D eigenvalue weighted by Gasteiger charge is -1.94. The molecule has 14 heavy (non-hydrogen) atoms. The summed E-state index contributed by atoms with van der Waals surface area (Å²) >= 11 is 11.4. The van der Waals surface area contributed by atoms with Crippen molar-refractivity contribution >= 4 is 23.2 Å². The number of hydrogen-bond acceptors (Lipinski definition) is 2. The Morgan fingerprint density at radius 3 is 3.07 bits per heavy atom. The van der Waals surface area contributed by atoms with Crippen LogP contribution in [0.1, 0.15) is 5.56 Å². The number of rotatable bonds is 1. The molecule has 0 aliphatic rings. The Morgan fingerprint density at radius 1 is 1.57 bits per heavy atom. The average molecular weight is 227 g/mol. The van der Waals surface area contributed by atoms with Crippen LogP contribution in [0.3, 0.4) is 0 Å². The van der Waals surface area contributed by atoms with Gasteiger partial charge in [0.1, 0.15) is 5.15 Å². The number of pyridine rings is 1. The lowest BCUT2D eigenvalue weighted by Crippen LogP contribution is -1.82. The molecular formula is C8H4Cl2N4. The first-order valence-electron chi connectivity index (χ1n) is 3.55. The van der Waals surface area contributed by atoms with Crippen molar-refractivity contribution in [2.75, 3.05) is 6.54 Å². The average Bonchev–Trinajstić information content (AvgIpc) is 2.18. The molecule has 0 N–H and O–H groups in total. The molecule has 0 aromatic carbocycles. The van der Waals surface area contributed by atoms with E-state index in [4.69, 9.17) is 28.7 Å². The van der Waals surface area contributed by atoms with E-state index in [1.807, 2.05) is 0 Å². The van der Waals surface area contributed by atoms with Crippen LogP contribution in [-0.2, 0) is 0 Å². The Balaban J connectivity index is 2.88. The maximum atomic E-state index is 7.99. The van der Waals surface area contributed by atoms with E-state index in [-0.39, 0.29) is 11.7 Å². The first kappa shape index (κ1) is 10.7. The highest BCUT2D eigenvalue weighted by Crippen LogP contribution is 2.15. The molecule has 4 nitrogen and oxygen atoms in total. The molecule has 1 heterocycles. The molecule has 0 atom stereocenters. The second-order valence-electron chi connectivity index (χ2n) is 2.18.